The number of aromatic nitrogens is 2. The van der Waals surface area contributed by atoms with E-state index in [1.807, 2.05) is 42.5 Å². The summed E-state index contributed by atoms with van der Waals surface area (Å²) >= 11 is 1.76. The lowest BCUT2D eigenvalue weighted by molar-refractivity contribution is 0.0982. The van der Waals surface area contributed by atoms with Gasteiger partial charge in [-0.05, 0) is 24.6 Å². The Kier molecular flexibility index (Phi) is 5.48. The first-order valence-corrected chi connectivity index (χ1v) is 10.7. The number of hydrogen-bond acceptors (Lipinski definition) is 4. The molecule has 0 bridgehead atoms. The van der Waals surface area contributed by atoms with Gasteiger partial charge < -0.3 is 4.90 Å². The number of benzene rings is 2. The van der Waals surface area contributed by atoms with E-state index in [0.29, 0.717) is 29.6 Å². The van der Waals surface area contributed by atoms with Gasteiger partial charge in [-0.3, -0.25) is 9.59 Å². The van der Waals surface area contributed by atoms with Gasteiger partial charge in [0.1, 0.15) is 0 Å². The van der Waals surface area contributed by atoms with Gasteiger partial charge in [-0.15, -0.1) is 11.8 Å². The van der Waals surface area contributed by atoms with Crippen molar-refractivity contribution in [2.24, 2.45) is 0 Å². The normalized spacial score (nSPS) is 13.5. The molecule has 0 atom stereocenters. The second-order valence-corrected chi connectivity index (χ2v) is 8.04. The molecule has 0 spiro atoms. The van der Waals surface area contributed by atoms with Gasteiger partial charge in [-0.1, -0.05) is 50.1 Å². The van der Waals surface area contributed by atoms with E-state index in [2.05, 4.69) is 12.0 Å². The van der Waals surface area contributed by atoms with Gasteiger partial charge >= 0.3 is 0 Å². The van der Waals surface area contributed by atoms with E-state index < -0.39 is 0 Å². The second-order valence-electron chi connectivity index (χ2n) is 6.90. The van der Waals surface area contributed by atoms with Crippen molar-refractivity contribution in [3.8, 4) is 0 Å². The molecule has 0 fully saturated rings. The van der Waals surface area contributed by atoms with Crippen LogP contribution in [0.1, 0.15) is 36.7 Å². The van der Waals surface area contributed by atoms with Crippen molar-refractivity contribution in [1.82, 2.24) is 9.78 Å². The summed E-state index contributed by atoms with van der Waals surface area (Å²) in [4.78, 5) is 29.2. The molecular weight excluding hydrogens is 370 g/mol. The number of nitrogens with zero attached hydrogens (tertiary/aromatic N) is 3. The average molecular weight is 394 g/mol. The van der Waals surface area contributed by atoms with Crippen molar-refractivity contribution in [2.45, 2.75) is 37.6 Å². The number of hydrogen-bond donors (Lipinski definition) is 0. The third-order valence-corrected chi connectivity index (χ3v) is 6.06. The zero-order valence-electron chi connectivity index (χ0n) is 15.9. The number of thioether (sulfide) groups is 1. The zero-order valence-corrected chi connectivity index (χ0v) is 16.7. The van der Waals surface area contributed by atoms with Gasteiger partial charge in [0.25, 0.3) is 11.5 Å². The molecule has 1 aliphatic rings. The highest BCUT2D eigenvalue weighted by Gasteiger charge is 2.27. The molecule has 0 saturated carbocycles. The number of fused-ring (bicyclic) bond motifs is 2. The first kappa shape index (κ1) is 18.7. The molecule has 28 heavy (non-hydrogen) atoms. The Labute approximate surface area is 168 Å². The molecule has 2 aromatic carbocycles. The summed E-state index contributed by atoms with van der Waals surface area (Å²) in [6.07, 6.45) is 2.97. The van der Waals surface area contributed by atoms with Crippen LogP contribution in [0.5, 0.6) is 0 Å². The maximum Gasteiger partial charge on any atom is 0.279 e. The topological polar surface area (TPSA) is 55.2 Å². The van der Waals surface area contributed by atoms with Crippen molar-refractivity contribution in [1.29, 1.82) is 0 Å². The van der Waals surface area contributed by atoms with E-state index >= 15 is 0 Å². The Balaban J connectivity index is 1.81. The Bertz CT molecular complexity index is 1080. The molecule has 0 aliphatic carbocycles. The first-order chi connectivity index (χ1) is 13.7. The molecule has 1 amide bonds. The van der Waals surface area contributed by atoms with Gasteiger partial charge in [0.15, 0.2) is 5.69 Å². The van der Waals surface area contributed by atoms with Crippen LogP contribution in [0.15, 0.2) is 58.2 Å². The fourth-order valence-electron chi connectivity index (χ4n) is 3.56. The molecule has 2 heterocycles. The minimum atomic E-state index is -0.145. The zero-order chi connectivity index (χ0) is 19.5. The van der Waals surface area contributed by atoms with Gasteiger partial charge in [0.2, 0.25) is 0 Å². The van der Waals surface area contributed by atoms with Crippen LogP contribution in [0.4, 0.5) is 5.69 Å². The molecule has 1 aromatic heterocycles. The van der Waals surface area contributed by atoms with Crippen LogP contribution >= 0.6 is 11.8 Å². The number of amides is 1. The highest BCUT2D eigenvalue weighted by molar-refractivity contribution is 7.99. The SMILES string of the molecule is CCCCCn1nc(C(=O)N2CCSc3ccccc32)c2ccccc2c1=O. The molecule has 0 N–H and O–H groups in total. The minimum absolute atomic E-state index is 0.127. The van der Waals surface area contributed by atoms with Crippen LogP contribution in [0.2, 0.25) is 0 Å². The highest BCUT2D eigenvalue weighted by Crippen LogP contribution is 2.35. The monoisotopic (exact) mass is 393 g/mol. The summed E-state index contributed by atoms with van der Waals surface area (Å²) < 4.78 is 1.47. The first-order valence-electron chi connectivity index (χ1n) is 9.74. The molecule has 3 aromatic rings. The van der Waals surface area contributed by atoms with E-state index in [4.69, 9.17) is 0 Å². The lowest BCUT2D eigenvalue weighted by Crippen LogP contribution is -2.37. The number of carbonyl (C=O) groups excluding carboxylic acids is 1. The molecule has 4 rings (SSSR count). The van der Waals surface area contributed by atoms with Crippen molar-refractivity contribution in [2.75, 3.05) is 17.2 Å². The fraction of sp³-hybridized carbons (Fsp3) is 0.318. The summed E-state index contributed by atoms with van der Waals surface area (Å²) in [5.41, 5.74) is 1.14. The molecule has 1 aliphatic heterocycles. The van der Waals surface area contributed by atoms with E-state index in [1.54, 1.807) is 22.7 Å². The van der Waals surface area contributed by atoms with Gasteiger partial charge in [0, 0.05) is 29.1 Å². The summed E-state index contributed by atoms with van der Waals surface area (Å²) in [5.74, 6) is 0.699. The standard InChI is InChI=1S/C22H23N3O2S/c1-2-3-8-13-25-21(26)17-10-5-4-9-16(17)20(23-25)22(27)24-14-15-28-19-12-7-6-11-18(19)24/h4-7,9-12H,2-3,8,13-15H2,1H3. The van der Waals surface area contributed by atoms with Gasteiger partial charge in [-0.25, -0.2) is 4.68 Å². The van der Waals surface area contributed by atoms with Crippen molar-refractivity contribution < 1.29 is 4.79 Å². The number of aryl methyl sites for hydroxylation is 1. The summed E-state index contributed by atoms with van der Waals surface area (Å²) in [6, 6.07) is 15.2. The van der Waals surface area contributed by atoms with Crippen molar-refractivity contribution >= 4 is 34.1 Å². The molecule has 0 radical (unpaired) electrons. The Morgan fingerprint density at radius 2 is 1.82 bits per heavy atom. The van der Waals surface area contributed by atoms with Crippen LogP contribution in [0.3, 0.4) is 0 Å². The number of anilines is 1. The van der Waals surface area contributed by atoms with Crippen LogP contribution in [-0.4, -0.2) is 28.0 Å². The summed E-state index contributed by atoms with van der Waals surface area (Å²) in [7, 11) is 0. The average Bonchev–Trinajstić information content (AvgIpc) is 2.74. The van der Waals surface area contributed by atoms with E-state index in [1.165, 1.54) is 4.68 Å². The van der Waals surface area contributed by atoms with Gasteiger partial charge in [0.05, 0.1) is 11.1 Å². The predicted octanol–water partition coefficient (Wildman–Crippen LogP) is 4.34. The molecular formula is C22H23N3O2S. The Morgan fingerprint density at radius 3 is 2.64 bits per heavy atom. The quantitative estimate of drug-likeness (QED) is 0.605. The maximum atomic E-state index is 13.5. The lowest BCUT2D eigenvalue weighted by atomic mass is 10.1. The van der Waals surface area contributed by atoms with Crippen LogP contribution < -0.4 is 10.5 Å². The Morgan fingerprint density at radius 1 is 1.07 bits per heavy atom. The van der Waals surface area contributed by atoms with Gasteiger partial charge in [-0.2, -0.15) is 5.10 Å². The number of rotatable bonds is 5. The fourth-order valence-corrected chi connectivity index (χ4v) is 4.56. The van der Waals surface area contributed by atoms with E-state index in [0.717, 1.165) is 35.6 Å². The minimum Gasteiger partial charge on any atom is -0.305 e. The molecule has 0 unspecified atom stereocenters. The van der Waals surface area contributed by atoms with Crippen molar-refractivity contribution in [3.63, 3.8) is 0 Å². The second kappa shape index (κ2) is 8.19. The van der Waals surface area contributed by atoms with E-state index in [9.17, 15) is 9.59 Å². The Hall–Kier alpha value is -2.60. The smallest absolute Gasteiger partial charge is 0.279 e. The number of para-hydroxylation sites is 1. The van der Waals surface area contributed by atoms with Crippen LogP contribution in [0, 0.1) is 0 Å². The van der Waals surface area contributed by atoms with Crippen LogP contribution in [-0.2, 0) is 6.54 Å². The highest BCUT2D eigenvalue weighted by atomic mass is 32.2. The molecule has 144 valence electrons. The van der Waals surface area contributed by atoms with Crippen molar-refractivity contribution in [3.05, 3.63) is 64.6 Å². The predicted molar refractivity (Wildman–Crippen MR) is 114 cm³/mol. The maximum absolute atomic E-state index is 13.5. The lowest BCUT2D eigenvalue weighted by Gasteiger charge is -2.29. The third-order valence-electron chi connectivity index (χ3n) is 5.02. The third kappa shape index (κ3) is 3.44. The van der Waals surface area contributed by atoms with E-state index in [-0.39, 0.29) is 11.5 Å². The summed E-state index contributed by atoms with van der Waals surface area (Å²) in [5, 5.41) is 5.70. The largest absolute Gasteiger partial charge is 0.305 e. The summed E-state index contributed by atoms with van der Waals surface area (Å²) in [6.45, 7) is 3.28. The molecule has 6 heteroatoms. The molecule has 5 nitrogen and oxygen atoms in total. The number of unbranched alkanes of at least 4 members (excludes halogenated alkanes) is 2. The van der Waals surface area contributed by atoms with Crippen LogP contribution in [0.25, 0.3) is 10.8 Å². The number of carbonyl (C=O) groups is 1. The molecule has 0 saturated heterocycles.